The molecule has 0 atom stereocenters. The van der Waals surface area contributed by atoms with Gasteiger partial charge in [-0.2, -0.15) is 0 Å². The number of nitrogens with zero attached hydrogens (tertiary/aromatic N) is 2. The maximum absolute atomic E-state index is 13.9. The van der Waals surface area contributed by atoms with E-state index in [0.717, 1.165) is 79.9 Å². The predicted octanol–water partition coefficient (Wildman–Crippen LogP) is 4.42. The Morgan fingerprint density at radius 3 is 2.61 bits per heavy atom. The fourth-order valence-electron chi connectivity index (χ4n) is 5.36. The van der Waals surface area contributed by atoms with Crippen LogP contribution >= 0.6 is 0 Å². The molecule has 0 bridgehead atoms. The van der Waals surface area contributed by atoms with Crippen LogP contribution in [0.15, 0.2) is 42.6 Å². The molecular weight excluding hydrogens is 459 g/mol. The molecule has 36 heavy (non-hydrogen) atoms. The van der Waals surface area contributed by atoms with Crippen LogP contribution in [0.5, 0.6) is 0 Å². The zero-order valence-electron chi connectivity index (χ0n) is 20.1. The summed E-state index contributed by atoms with van der Waals surface area (Å²) in [4.78, 5) is 30.0. The van der Waals surface area contributed by atoms with Crippen LogP contribution in [0.25, 0.3) is 22.4 Å². The molecule has 2 amide bonds. The molecule has 3 aromatic rings. The second kappa shape index (κ2) is 9.50. The van der Waals surface area contributed by atoms with Gasteiger partial charge in [0.2, 0.25) is 5.91 Å². The third kappa shape index (κ3) is 4.41. The molecule has 2 fully saturated rings. The number of fused-ring (bicyclic) bond motifs is 1. The molecular formula is C28H29FN4O3. The average Bonchev–Trinajstić information content (AvgIpc) is 3.69. The topological polar surface area (TPSA) is 85.3 Å². The number of benzene rings is 1. The van der Waals surface area contributed by atoms with E-state index in [9.17, 15) is 14.0 Å². The first-order chi connectivity index (χ1) is 17.6. The molecule has 1 saturated carbocycles. The molecule has 186 valence electrons. The number of carbonyl (C=O) groups excluding carboxylic acids is 2. The predicted molar refractivity (Wildman–Crippen MR) is 134 cm³/mol. The minimum atomic E-state index is -0.325. The van der Waals surface area contributed by atoms with E-state index in [4.69, 9.17) is 4.74 Å². The average molecular weight is 489 g/mol. The van der Waals surface area contributed by atoms with Gasteiger partial charge in [-0.15, -0.1) is 0 Å². The summed E-state index contributed by atoms with van der Waals surface area (Å²) in [5.41, 5.74) is 4.99. The van der Waals surface area contributed by atoms with Crippen LogP contribution in [-0.4, -0.2) is 41.1 Å². The van der Waals surface area contributed by atoms with Crippen LogP contribution in [0.4, 0.5) is 10.2 Å². The lowest BCUT2D eigenvalue weighted by Gasteiger charge is -2.26. The Morgan fingerprint density at radius 2 is 1.86 bits per heavy atom. The van der Waals surface area contributed by atoms with E-state index in [1.807, 2.05) is 12.1 Å². The molecule has 1 aliphatic carbocycles. The Bertz CT molecular complexity index is 1310. The third-order valence-electron chi connectivity index (χ3n) is 7.39. The molecule has 2 N–H and O–H groups in total. The van der Waals surface area contributed by atoms with Crippen LogP contribution in [0, 0.1) is 17.7 Å². The lowest BCUT2D eigenvalue weighted by Crippen LogP contribution is -2.33. The van der Waals surface area contributed by atoms with E-state index in [2.05, 4.69) is 20.2 Å². The van der Waals surface area contributed by atoms with Crippen LogP contribution in [0.1, 0.15) is 41.7 Å². The molecule has 2 aromatic heterocycles. The van der Waals surface area contributed by atoms with Crippen LogP contribution in [0.3, 0.4) is 0 Å². The van der Waals surface area contributed by atoms with Crippen LogP contribution < -0.4 is 10.6 Å². The van der Waals surface area contributed by atoms with E-state index in [1.54, 1.807) is 18.3 Å². The van der Waals surface area contributed by atoms with Gasteiger partial charge in [0.05, 0.1) is 11.3 Å². The zero-order valence-corrected chi connectivity index (χ0v) is 20.1. The van der Waals surface area contributed by atoms with Gasteiger partial charge in [0.15, 0.2) is 0 Å². The molecule has 8 heteroatoms. The van der Waals surface area contributed by atoms with Crippen molar-refractivity contribution in [1.29, 1.82) is 0 Å². The summed E-state index contributed by atoms with van der Waals surface area (Å²) in [5, 5.41) is 5.94. The highest BCUT2D eigenvalue weighted by Gasteiger charge is 2.33. The number of ether oxygens (including phenoxy) is 1. The van der Waals surface area contributed by atoms with Crippen molar-refractivity contribution in [3.63, 3.8) is 0 Å². The van der Waals surface area contributed by atoms with E-state index < -0.39 is 0 Å². The summed E-state index contributed by atoms with van der Waals surface area (Å²) in [7, 11) is 0. The zero-order chi connectivity index (χ0) is 24.6. The lowest BCUT2D eigenvalue weighted by molar-refractivity contribution is -0.117. The first-order valence-electron chi connectivity index (χ1n) is 12.7. The van der Waals surface area contributed by atoms with Crippen molar-refractivity contribution < 1.29 is 18.7 Å². The van der Waals surface area contributed by atoms with Crippen LogP contribution in [0.2, 0.25) is 0 Å². The standard InChI is InChI=1S/C28H29FN4O3/c29-21-5-3-18(4-6-21)24-25-22(8-12-31-28(25)35)33(16-17-9-13-36-14-10-17)26(24)20-7-11-30-23(15-20)32-27(34)19-1-2-19/h3-7,11,15,17,19H,1-2,8-10,12-14,16H2,(H,31,35)(H,30,32,34). The van der Waals surface area contributed by atoms with Gasteiger partial charge in [-0.1, -0.05) is 12.1 Å². The van der Waals surface area contributed by atoms with Gasteiger partial charge in [-0.05, 0) is 61.4 Å². The van der Waals surface area contributed by atoms with E-state index in [0.29, 0.717) is 23.8 Å². The number of hydrogen-bond acceptors (Lipinski definition) is 4. The fraction of sp³-hybridized carbons (Fsp3) is 0.393. The van der Waals surface area contributed by atoms with Crippen LogP contribution in [-0.2, 0) is 22.5 Å². The number of aromatic nitrogens is 2. The molecule has 1 saturated heterocycles. The fourth-order valence-corrected chi connectivity index (χ4v) is 5.36. The van der Waals surface area contributed by atoms with Crippen molar-refractivity contribution in [3.8, 4) is 22.4 Å². The van der Waals surface area contributed by atoms with E-state index in [1.165, 1.54) is 12.1 Å². The number of amides is 2. The molecule has 4 heterocycles. The second-order valence-electron chi connectivity index (χ2n) is 9.92. The van der Waals surface area contributed by atoms with Gasteiger partial charge in [-0.25, -0.2) is 9.37 Å². The van der Waals surface area contributed by atoms with Crippen molar-refractivity contribution in [2.45, 2.75) is 38.6 Å². The molecule has 0 radical (unpaired) electrons. The van der Waals surface area contributed by atoms with Crippen molar-refractivity contribution in [3.05, 3.63) is 59.7 Å². The van der Waals surface area contributed by atoms with Gasteiger partial charge < -0.3 is 19.9 Å². The number of hydrogen-bond donors (Lipinski definition) is 2. The summed E-state index contributed by atoms with van der Waals surface area (Å²) in [6.45, 7) is 2.81. The Morgan fingerprint density at radius 1 is 1.08 bits per heavy atom. The minimum absolute atomic E-state index is 0.00494. The van der Waals surface area contributed by atoms with Crippen molar-refractivity contribution in [2.24, 2.45) is 11.8 Å². The first kappa shape index (κ1) is 22.9. The van der Waals surface area contributed by atoms with Crippen molar-refractivity contribution >= 4 is 17.6 Å². The highest BCUT2D eigenvalue weighted by molar-refractivity contribution is 6.07. The Kier molecular flexibility index (Phi) is 6.05. The van der Waals surface area contributed by atoms with E-state index in [-0.39, 0.29) is 23.5 Å². The van der Waals surface area contributed by atoms with Gasteiger partial charge in [0.1, 0.15) is 11.6 Å². The monoisotopic (exact) mass is 488 g/mol. The maximum atomic E-state index is 13.9. The highest BCUT2D eigenvalue weighted by Crippen LogP contribution is 2.42. The third-order valence-corrected chi connectivity index (χ3v) is 7.39. The summed E-state index contributed by atoms with van der Waals surface area (Å²) in [5.74, 6) is 0.549. The van der Waals surface area contributed by atoms with Crippen molar-refractivity contribution in [2.75, 3.05) is 25.1 Å². The number of carbonyl (C=O) groups is 2. The molecule has 1 aromatic carbocycles. The maximum Gasteiger partial charge on any atom is 0.253 e. The van der Waals surface area contributed by atoms with Crippen molar-refractivity contribution in [1.82, 2.24) is 14.9 Å². The number of halogens is 1. The summed E-state index contributed by atoms with van der Waals surface area (Å²) >= 11 is 0. The van der Waals surface area contributed by atoms with Gasteiger partial charge in [-0.3, -0.25) is 9.59 Å². The number of nitrogens with one attached hydrogen (secondary N) is 2. The molecule has 7 nitrogen and oxygen atoms in total. The SMILES string of the molecule is O=C1NCCc2c1c(-c1ccc(F)cc1)c(-c1ccnc(NC(=O)C3CC3)c1)n2CC1CCOCC1. The Labute approximate surface area is 209 Å². The molecule has 0 unspecified atom stereocenters. The largest absolute Gasteiger partial charge is 0.381 e. The normalized spacial score (nSPS) is 18.0. The lowest BCUT2D eigenvalue weighted by atomic mass is 9.95. The first-order valence-corrected chi connectivity index (χ1v) is 12.7. The minimum Gasteiger partial charge on any atom is -0.381 e. The van der Waals surface area contributed by atoms with Gasteiger partial charge >= 0.3 is 0 Å². The van der Waals surface area contributed by atoms with E-state index >= 15 is 0 Å². The molecule has 3 aliphatic rings. The number of pyridine rings is 1. The molecule has 0 spiro atoms. The summed E-state index contributed by atoms with van der Waals surface area (Å²) in [6, 6.07) is 10.1. The number of rotatable bonds is 6. The quantitative estimate of drug-likeness (QED) is 0.538. The Balaban J connectivity index is 1.53. The Hall–Kier alpha value is -3.52. The summed E-state index contributed by atoms with van der Waals surface area (Å²) < 4.78 is 21.7. The smallest absolute Gasteiger partial charge is 0.253 e. The highest BCUT2D eigenvalue weighted by atomic mass is 19.1. The number of anilines is 1. The van der Waals surface area contributed by atoms with Gasteiger partial charge in [0, 0.05) is 61.7 Å². The molecule has 6 rings (SSSR count). The second-order valence-corrected chi connectivity index (χ2v) is 9.92. The summed E-state index contributed by atoms with van der Waals surface area (Å²) in [6.07, 6.45) is 6.16. The molecule has 2 aliphatic heterocycles. The van der Waals surface area contributed by atoms with Gasteiger partial charge in [0.25, 0.3) is 5.91 Å².